The Morgan fingerprint density at radius 1 is 1.11 bits per heavy atom. The average Bonchev–Trinajstić information content (AvgIpc) is 2.76. The van der Waals surface area contributed by atoms with Gasteiger partial charge in [-0.1, -0.05) is 31.4 Å². The van der Waals surface area contributed by atoms with Gasteiger partial charge in [-0.15, -0.1) is 0 Å². The van der Waals surface area contributed by atoms with Crippen LogP contribution in [0.2, 0.25) is 0 Å². The first-order chi connectivity index (χ1) is 13.7. The number of amides is 1. The van der Waals surface area contributed by atoms with E-state index in [1.165, 1.54) is 44.3 Å². The number of hydrogen-bond acceptors (Lipinski definition) is 4. The van der Waals surface area contributed by atoms with Crippen LogP contribution in [0.4, 0.5) is 5.69 Å². The fraction of sp³-hybridized carbons (Fsp3) is 0.652. The molecule has 1 heterocycles. The lowest BCUT2D eigenvalue weighted by atomic mass is 9.89. The summed E-state index contributed by atoms with van der Waals surface area (Å²) in [6.07, 6.45) is 8.99. The standard InChI is InChI=1S/C23H35N3O2/c1-24-23(28)12-9-21(18-27)20-7-10-22(11-8-20)26-15-13-25(14-16-26)17-19-5-3-2-4-6-19/h7-8,10-11,18-19,21H,2-6,9,12-17H2,1H3,(H,24,28). The molecule has 1 amide bonds. The second-order valence-electron chi connectivity index (χ2n) is 8.34. The quantitative estimate of drug-likeness (QED) is 0.698. The van der Waals surface area contributed by atoms with Crippen LogP contribution >= 0.6 is 0 Å². The lowest BCUT2D eigenvalue weighted by Gasteiger charge is -2.38. The molecule has 1 N–H and O–H groups in total. The molecule has 0 radical (unpaired) electrons. The first-order valence-electron chi connectivity index (χ1n) is 10.9. The second kappa shape index (κ2) is 10.6. The Labute approximate surface area is 169 Å². The van der Waals surface area contributed by atoms with Crippen LogP contribution in [-0.2, 0) is 9.59 Å². The monoisotopic (exact) mass is 385 g/mol. The van der Waals surface area contributed by atoms with Gasteiger partial charge in [0, 0.05) is 57.8 Å². The summed E-state index contributed by atoms with van der Waals surface area (Å²) in [5.41, 5.74) is 2.23. The van der Waals surface area contributed by atoms with E-state index >= 15 is 0 Å². The zero-order valence-electron chi connectivity index (χ0n) is 17.2. The third-order valence-electron chi connectivity index (χ3n) is 6.43. The Morgan fingerprint density at radius 3 is 2.39 bits per heavy atom. The zero-order valence-corrected chi connectivity index (χ0v) is 17.2. The van der Waals surface area contributed by atoms with Crippen LogP contribution in [0.1, 0.15) is 56.4 Å². The topological polar surface area (TPSA) is 52.7 Å². The number of anilines is 1. The summed E-state index contributed by atoms with van der Waals surface area (Å²) in [4.78, 5) is 28.0. The molecule has 0 spiro atoms. The molecule has 1 aromatic rings. The van der Waals surface area contributed by atoms with E-state index in [9.17, 15) is 9.59 Å². The van der Waals surface area contributed by atoms with Gasteiger partial charge >= 0.3 is 0 Å². The molecular formula is C23H35N3O2. The summed E-state index contributed by atoms with van der Waals surface area (Å²) < 4.78 is 0. The van der Waals surface area contributed by atoms with E-state index < -0.39 is 0 Å². The van der Waals surface area contributed by atoms with Crippen molar-refractivity contribution in [1.82, 2.24) is 10.2 Å². The molecule has 1 aliphatic carbocycles. The van der Waals surface area contributed by atoms with E-state index in [4.69, 9.17) is 0 Å². The van der Waals surface area contributed by atoms with Crippen LogP contribution in [0.15, 0.2) is 24.3 Å². The largest absolute Gasteiger partial charge is 0.369 e. The Kier molecular flexibility index (Phi) is 7.90. The van der Waals surface area contributed by atoms with Crippen LogP contribution < -0.4 is 10.2 Å². The Hall–Kier alpha value is -1.88. The minimum atomic E-state index is -0.210. The summed E-state index contributed by atoms with van der Waals surface area (Å²) in [5.74, 6) is 0.683. The molecule has 0 aromatic heterocycles. The highest BCUT2D eigenvalue weighted by molar-refractivity contribution is 5.76. The Bertz CT molecular complexity index is 617. The van der Waals surface area contributed by atoms with E-state index in [-0.39, 0.29) is 11.8 Å². The zero-order chi connectivity index (χ0) is 19.8. The number of benzene rings is 1. The van der Waals surface area contributed by atoms with E-state index in [1.807, 2.05) is 12.1 Å². The summed E-state index contributed by atoms with van der Waals surface area (Å²) in [7, 11) is 1.63. The number of rotatable bonds is 8. The number of nitrogens with zero attached hydrogens (tertiary/aromatic N) is 2. The minimum absolute atomic E-state index is 0.0189. The molecule has 1 unspecified atom stereocenters. The maximum Gasteiger partial charge on any atom is 0.219 e. The van der Waals surface area contributed by atoms with Crippen molar-refractivity contribution in [3.8, 4) is 0 Å². The molecule has 3 rings (SSSR count). The molecule has 2 aliphatic rings. The predicted molar refractivity (Wildman–Crippen MR) is 114 cm³/mol. The molecular weight excluding hydrogens is 350 g/mol. The van der Waals surface area contributed by atoms with E-state index in [0.29, 0.717) is 12.8 Å². The van der Waals surface area contributed by atoms with Gasteiger partial charge in [-0.3, -0.25) is 9.69 Å². The van der Waals surface area contributed by atoms with Gasteiger partial charge in [-0.25, -0.2) is 0 Å². The first kappa shape index (κ1) is 20.8. The Morgan fingerprint density at radius 2 is 1.79 bits per heavy atom. The normalized spacial score (nSPS) is 20.0. The van der Waals surface area contributed by atoms with Crippen molar-refractivity contribution >= 4 is 17.9 Å². The molecule has 1 saturated carbocycles. The van der Waals surface area contributed by atoms with Crippen LogP contribution in [-0.4, -0.2) is 56.9 Å². The summed E-state index contributed by atoms with van der Waals surface area (Å²) in [6, 6.07) is 8.35. The number of carbonyl (C=O) groups excluding carboxylic acids is 2. The van der Waals surface area contributed by atoms with Crippen molar-refractivity contribution in [3.63, 3.8) is 0 Å². The lowest BCUT2D eigenvalue weighted by Crippen LogP contribution is -2.48. The third kappa shape index (κ3) is 5.81. The molecule has 5 nitrogen and oxygen atoms in total. The van der Waals surface area contributed by atoms with E-state index in [1.54, 1.807) is 7.05 Å². The SMILES string of the molecule is CNC(=O)CCC(C=O)c1ccc(N2CCN(CC3CCCCC3)CC2)cc1. The van der Waals surface area contributed by atoms with Crippen LogP contribution in [0.25, 0.3) is 0 Å². The van der Waals surface area contributed by atoms with Crippen LogP contribution in [0.3, 0.4) is 0 Å². The van der Waals surface area contributed by atoms with Gasteiger partial charge in [0.05, 0.1) is 0 Å². The molecule has 5 heteroatoms. The number of piperazine rings is 1. The van der Waals surface area contributed by atoms with Crippen LogP contribution in [0, 0.1) is 5.92 Å². The van der Waals surface area contributed by atoms with Gasteiger partial charge in [0.1, 0.15) is 6.29 Å². The van der Waals surface area contributed by atoms with Gasteiger partial charge in [0.2, 0.25) is 5.91 Å². The number of hydrogen-bond donors (Lipinski definition) is 1. The highest BCUT2D eigenvalue weighted by Crippen LogP contribution is 2.26. The van der Waals surface area contributed by atoms with Crippen molar-refractivity contribution in [2.24, 2.45) is 5.92 Å². The van der Waals surface area contributed by atoms with Crippen molar-refractivity contribution in [1.29, 1.82) is 0 Å². The molecule has 1 atom stereocenters. The Balaban J connectivity index is 1.48. The van der Waals surface area contributed by atoms with Gasteiger partial charge in [-0.2, -0.15) is 0 Å². The molecule has 1 saturated heterocycles. The predicted octanol–water partition coefficient (Wildman–Crippen LogP) is 3.20. The van der Waals surface area contributed by atoms with Gasteiger partial charge in [0.25, 0.3) is 0 Å². The van der Waals surface area contributed by atoms with E-state index in [0.717, 1.165) is 43.9 Å². The lowest BCUT2D eigenvalue weighted by molar-refractivity contribution is -0.120. The number of aldehydes is 1. The molecule has 1 aromatic carbocycles. The number of carbonyl (C=O) groups is 2. The average molecular weight is 386 g/mol. The van der Waals surface area contributed by atoms with Crippen molar-refractivity contribution in [3.05, 3.63) is 29.8 Å². The summed E-state index contributed by atoms with van der Waals surface area (Å²) in [6.45, 7) is 5.70. The summed E-state index contributed by atoms with van der Waals surface area (Å²) in [5, 5.41) is 2.61. The maximum absolute atomic E-state index is 11.4. The van der Waals surface area contributed by atoms with Gasteiger partial charge < -0.3 is 15.0 Å². The second-order valence-corrected chi connectivity index (χ2v) is 8.34. The van der Waals surface area contributed by atoms with Gasteiger partial charge in [-0.05, 0) is 42.9 Å². The van der Waals surface area contributed by atoms with E-state index in [2.05, 4.69) is 27.2 Å². The maximum atomic E-state index is 11.4. The van der Waals surface area contributed by atoms with Crippen molar-refractivity contribution in [2.75, 3.05) is 44.7 Å². The minimum Gasteiger partial charge on any atom is -0.369 e. The number of nitrogens with one attached hydrogen (secondary N) is 1. The molecule has 1 aliphatic heterocycles. The molecule has 2 fully saturated rings. The third-order valence-corrected chi connectivity index (χ3v) is 6.43. The fourth-order valence-corrected chi connectivity index (χ4v) is 4.58. The van der Waals surface area contributed by atoms with Gasteiger partial charge in [0.15, 0.2) is 0 Å². The molecule has 28 heavy (non-hydrogen) atoms. The van der Waals surface area contributed by atoms with Crippen molar-refractivity contribution in [2.45, 2.75) is 50.9 Å². The summed E-state index contributed by atoms with van der Waals surface area (Å²) >= 11 is 0. The smallest absolute Gasteiger partial charge is 0.219 e. The molecule has 0 bridgehead atoms. The fourth-order valence-electron chi connectivity index (χ4n) is 4.58. The highest BCUT2D eigenvalue weighted by atomic mass is 16.1. The first-order valence-corrected chi connectivity index (χ1v) is 10.9. The molecule has 154 valence electrons. The van der Waals surface area contributed by atoms with Crippen molar-refractivity contribution < 1.29 is 9.59 Å². The highest BCUT2D eigenvalue weighted by Gasteiger charge is 2.22. The van der Waals surface area contributed by atoms with Crippen LogP contribution in [0.5, 0.6) is 0 Å².